The van der Waals surface area contributed by atoms with Crippen LogP contribution in [0.4, 0.5) is 0 Å². The first kappa shape index (κ1) is 14.2. The zero-order chi connectivity index (χ0) is 15.6. The van der Waals surface area contributed by atoms with E-state index in [0.29, 0.717) is 11.7 Å². The molecule has 0 aliphatic carbocycles. The summed E-state index contributed by atoms with van der Waals surface area (Å²) in [6.45, 7) is 2.80. The number of hydrogen-bond acceptors (Lipinski definition) is 6. The number of piperazine rings is 1. The van der Waals surface area contributed by atoms with E-state index >= 15 is 0 Å². The molecule has 6 heteroatoms. The zero-order valence-electron chi connectivity index (χ0n) is 12.9. The minimum atomic E-state index is 0.154. The van der Waals surface area contributed by atoms with Crippen molar-refractivity contribution in [2.24, 2.45) is 0 Å². The highest BCUT2D eigenvalue weighted by Gasteiger charge is 2.24. The Morgan fingerprint density at radius 2 is 2.22 bits per heavy atom. The molecule has 1 N–H and O–H groups in total. The first-order valence-electron chi connectivity index (χ1n) is 7.71. The van der Waals surface area contributed by atoms with Gasteiger partial charge in [-0.25, -0.2) is 0 Å². The third-order valence-corrected chi connectivity index (χ3v) is 4.10. The summed E-state index contributed by atoms with van der Waals surface area (Å²) in [5.74, 6) is 1.96. The van der Waals surface area contributed by atoms with Crippen LogP contribution in [0.1, 0.15) is 23.5 Å². The van der Waals surface area contributed by atoms with Crippen LogP contribution in [-0.4, -0.2) is 41.7 Å². The van der Waals surface area contributed by atoms with Crippen molar-refractivity contribution in [3.05, 3.63) is 47.8 Å². The number of hydrogen-bond donors (Lipinski definition) is 1. The van der Waals surface area contributed by atoms with Gasteiger partial charge in [0.2, 0.25) is 0 Å². The summed E-state index contributed by atoms with van der Waals surface area (Å²) < 4.78 is 11.1. The standard InChI is InChI=1S/C17H18N4O2/c1-21-9-8-18-11-14(21)17-19-16(23-20-17)7-6-13-10-12-4-2-3-5-15(12)22-13/h2-7,10,14,18H,8-9,11H2,1H3/b7-6+. The highest BCUT2D eigenvalue weighted by atomic mass is 16.5. The number of para-hydroxylation sites is 1. The molecular weight excluding hydrogens is 292 g/mol. The van der Waals surface area contributed by atoms with Gasteiger partial charge in [-0.2, -0.15) is 4.98 Å². The molecule has 2 aromatic heterocycles. The number of aromatic nitrogens is 2. The molecule has 0 spiro atoms. The van der Waals surface area contributed by atoms with Gasteiger partial charge in [0, 0.05) is 31.1 Å². The molecule has 1 fully saturated rings. The van der Waals surface area contributed by atoms with Gasteiger partial charge in [-0.15, -0.1) is 0 Å². The molecular formula is C17H18N4O2. The van der Waals surface area contributed by atoms with E-state index in [9.17, 15) is 0 Å². The Morgan fingerprint density at radius 1 is 1.30 bits per heavy atom. The minimum absolute atomic E-state index is 0.154. The van der Waals surface area contributed by atoms with Gasteiger partial charge >= 0.3 is 0 Å². The van der Waals surface area contributed by atoms with E-state index in [1.54, 1.807) is 6.08 Å². The van der Waals surface area contributed by atoms with E-state index in [2.05, 4.69) is 27.4 Å². The van der Waals surface area contributed by atoms with Gasteiger partial charge in [0.15, 0.2) is 5.82 Å². The second-order valence-corrected chi connectivity index (χ2v) is 5.71. The normalized spacial score (nSPS) is 19.8. The Balaban J connectivity index is 1.52. The molecule has 1 aliphatic rings. The third-order valence-electron chi connectivity index (χ3n) is 4.10. The summed E-state index contributed by atoms with van der Waals surface area (Å²) in [6, 6.07) is 10.1. The molecule has 1 unspecified atom stereocenters. The summed E-state index contributed by atoms with van der Waals surface area (Å²) >= 11 is 0. The molecule has 0 radical (unpaired) electrons. The Kier molecular flexibility index (Phi) is 3.69. The fourth-order valence-electron chi connectivity index (χ4n) is 2.78. The third kappa shape index (κ3) is 2.91. The molecule has 1 atom stereocenters. The van der Waals surface area contributed by atoms with Crippen molar-refractivity contribution in [3.8, 4) is 0 Å². The maximum absolute atomic E-state index is 5.74. The van der Waals surface area contributed by atoms with Crippen LogP contribution < -0.4 is 5.32 Å². The number of fused-ring (bicyclic) bond motifs is 1. The van der Waals surface area contributed by atoms with Gasteiger partial charge in [-0.05, 0) is 25.3 Å². The summed E-state index contributed by atoms with van der Waals surface area (Å²) in [5.41, 5.74) is 0.869. The van der Waals surface area contributed by atoms with E-state index in [1.807, 2.05) is 36.4 Å². The lowest BCUT2D eigenvalue weighted by Crippen LogP contribution is -2.44. The van der Waals surface area contributed by atoms with Crippen molar-refractivity contribution in [1.29, 1.82) is 0 Å². The molecule has 6 nitrogen and oxygen atoms in total. The largest absolute Gasteiger partial charge is 0.457 e. The van der Waals surface area contributed by atoms with Gasteiger partial charge in [0.25, 0.3) is 5.89 Å². The van der Waals surface area contributed by atoms with Gasteiger partial charge in [0.1, 0.15) is 11.3 Å². The molecule has 3 heterocycles. The first-order chi connectivity index (χ1) is 11.3. The van der Waals surface area contributed by atoms with Gasteiger partial charge in [0.05, 0.1) is 6.04 Å². The molecule has 1 aliphatic heterocycles. The number of benzene rings is 1. The quantitative estimate of drug-likeness (QED) is 0.802. The van der Waals surface area contributed by atoms with Gasteiger partial charge in [-0.3, -0.25) is 4.90 Å². The summed E-state index contributed by atoms with van der Waals surface area (Å²) in [7, 11) is 2.08. The molecule has 0 amide bonds. The lowest BCUT2D eigenvalue weighted by Gasteiger charge is -2.30. The van der Waals surface area contributed by atoms with Crippen molar-refractivity contribution in [3.63, 3.8) is 0 Å². The van der Waals surface area contributed by atoms with Crippen LogP contribution in [0.2, 0.25) is 0 Å². The van der Waals surface area contributed by atoms with Gasteiger partial charge < -0.3 is 14.3 Å². The smallest absolute Gasteiger partial charge is 0.250 e. The topological polar surface area (TPSA) is 67.3 Å². The van der Waals surface area contributed by atoms with Crippen LogP contribution in [0.5, 0.6) is 0 Å². The SMILES string of the molecule is CN1CCNCC1c1noc(/C=C/c2cc3ccccc3o2)n1. The molecule has 3 aromatic rings. The van der Waals surface area contributed by atoms with Crippen molar-refractivity contribution < 1.29 is 8.94 Å². The van der Waals surface area contributed by atoms with Crippen LogP contribution >= 0.6 is 0 Å². The predicted octanol–water partition coefficient (Wildman–Crippen LogP) is 2.56. The summed E-state index contributed by atoms with van der Waals surface area (Å²) in [6.07, 6.45) is 3.63. The number of furan rings is 1. The minimum Gasteiger partial charge on any atom is -0.457 e. The van der Waals surface area contributed by atoms with Crippen molar-refractivity contribution in [1.82, 2.24) is 20.4 Å². The monoisotopic (exact) mass is 310 g/mol. The van der Waals surface area contributed by atoms with E-state index in [0.717, 1.165) is 36.4 Å². The number of nitrogens with one attached hydrogen (secondary N) is 1. The first-order valence-corrected chi connectivity index (χ1v) is 7.71. The molecule has 23 heavy (non-hydrogen) atoms. The van der Waals surface area contributed by atoms with E-state index in [1.165, 1.54) is 0 Å². The average molecular weight is 310 g/mol. The van der Waals surface area contributed by atoms with Crippen molar-refractivity contribution >= 4 is 23.1 Å². The molecule has 1 saturated heterocycles. The average Bonchev–Trinajstić information content (AvgIpc) is 3.19. The molecule has 1 aromatic carbocycles. The second-order valence-electron chi connectivity index (χ2n) is 5.71. The summed E-state index contributed by atoms with van der Waals surface area (Å²) in [4.78, 5) is 6.70. The van der Waals surface area contributed by atoms with E-state index < -0.39 is 0 Å². The molecule has 0 bridgehead atoms. The van der Waals surface area contributed by atoms with Crippen LogP contribution in [0.25, 0.3) is 23.1 Å². The maximum atomic E-state index is 5.74. The highest BCUT2D eigenvalue weighted by molar-refractivity contribution is 5.81. The lowest BCUT2D eigenvalue weighted by atomic mass is 10.2. The van der Waals surface area contributed by atoms with E-state index in [4.69, 9.17) is 8.94 Å². The number of rotatable bonds is 3. The Labute approximate surface area is 133 Å². The van der Waals surface area contributed by atoms with Crippen LogP contribution in [0.15, 0.2) is 39.3 Å². The fourth-order valence-corrected chi connectivity index (χ4v) is 2.78. The predicted molar refractivity (Wildman–Crippen MR) is 87.7 cm³/mol. The summed E-state index contributed by atoms with van der Waals surface area (Å²) in [5, 5.41) is 8.52. The molecule has 4 rings (SSSR count). The number of likely N-dealkylation sites (N-methyl/N-ethyl adjacent to an activating group) is 1. The van der Waals surface area contributed by atoms with Crippen molar-refractivity contribution in [2.75, 3.05) is 26.7 Å². The highest BCUT2D eigenvalue weighted by Crippen LogP contribution is 2.21. The van der Waals surface area contributed by atoms with Crippen LogP contribution in [-0.2, 0) is 0 Å². The second kappa shape index (κ2) is 5.98. The van der Waals surface area contributed by atoms with Crippen molar-refractivity contribution in [2.45, 2.75) is 6.04 Å². The van der Waals surface area contributed by atoms with Crippen LogP contribution in [0.3, 0.4) is 0 Å². The molecule has 0 saturated carbocycles. The number of nitrogens with zero attached hydrogens (tertiary/aromatic N) is 3. The Bertz CT molecular complexity index is 803. The van der Waals surface area contributed by atoms with E-state index in [-0.39, 0.29) is 6.04 Å². The Hall–Kier alpha value is -2.44. The lowest BCUT2D eigenvalue weighted by molar-refractivity contribution is 0.190. The molecule has 118 valence electrons. The zero-order valence-corrected chi connectivity index (χ0v) is 12.9. The van der Waals surface area contributed by atoms with Crippen LogP contribution in [0, 0.1) is 0 Å². The fraction of sp³-hybridized carbons (Fsp3) is 0.294. The Morgan fingerprint density at radius 3 is 3.09 bits per heavy atom. The van der Waals surface area contributed by atoms with Gasteiger partial charge in [-0.1, -0.05) is 23.4 Å². The maximum Gasteiger partial charge on any atom is 0.250 e.